The SMILES string of the molecule is COc1ccc(C(N)CC(C)C(C)(C)C)cc1Br. The van der Waals surface area contributed by atoms with E-state index in [-0.39, 0.29) is 6.04 Å². The Morgan fingerprint density at radius 2 is 1.94 bits per heavy atom. The molecular formula is C15H24BrNO. The van der Waals surface area contributed by atoms with Gasteiger partial charge < -0.3 is 10.5 Å². The van der Waals surface area contributed by atoms with E-state index in [1.165, 1.54) is 0 Å². The van der Waals surface area contributed by atoms with Gasteiger partial charge >= 0.3 is 0 Å². The van der Waals surface area contributed by atoms with Crippen LogP contribution in [0.3, 0.4) is 0 Å². The van der Waals surface area contributed by atoms with Crippen LogP contribution in [-0.4, -0.2) is 7.11 Å². The molecule has 3 heteroatoms. The van der Waals surface area contributed by atoms with E-state index in [9.17, 15) is 0 Å². The molecule has 0 saturated carbocycles. The summed E-state index contributed by atoms with van der Waals surface area (Å²) in [6.07, 6.45) is 0.988. The number of benzene rings is 1. The van der Waals surface area contributed by atoms with Crippen molar-refractivity contribution in [2.24, 2.45) is 17.1 Å². The fourth-order valence-electron chi connectivity index (χ4n) is 1.78. The molecule has 2 nitrogen and oxygen atoms in total. The molecule has 0 aromatic heterocycles. The zero-order valence-electron chi connectivity index (χ0n) is 12.0. The maximum absolute atomic E-state index is 6.29. The number of ether oxygens (including phenoxy) is 1. The van der Waals surface area contributed by atoms with Crippen molar-refractivity contribution in [1.82, 2.24) is 0 Å². The van der Waals surface area contributed by atoms with Crippen LogP contribution in [0, 0.1) is 11.3 Å². The van der Waals surface area contributed by atoms with Gasteiger partial charge in [-0.2, -0.15) is 0 Å². The van der Waals surface area contributed by atoms with Crippen molar-refractivity contribution in [3.63, 3.8) is 0 Å². The Balaban J connectivity index is 2.79. The van der Waals surface area contributed by atoms with Crippen LogP contribution < -0.4 is 10.5 Å². The molecule has 1 rings (SSSR count). The zero-order valence-corrected chi connectivity index (χ0v) is 13.5. The summed E-state index contributed by atoms with van der Waals surface area (Å²) in [5.74, 6) is 1.42. The Morgan fingerprint density at radius 1 is 1.33 bits per heavy atom. The number of halogens is 1. The van der Waals surface area contributed by atoms with Gasteiger partial charge in [0.05, 0.1) is 11.6 Å². The Morgan fingerprint density at radius 3 is 2.39 bits per heavy atom. The minimum absolute atomic E-state index is 0.0708. The van der Waals surface area contributed by atoms with E-state index in [4.69, 9.17) is 10.5 Å². The van der Waals surface area contributed by atoms with Crippen LogP contribution in [-0.2, 0) is 0 Å². The summed E-state index contributed by atoms with van der Waals surface area (Å²) in [4.78, 5) is 0. The predicted molar refractivity (Wildman–Crippen MR) is 80.9 cm³/mol. The first-order chi connectivity index (χ1) is 8.25. The van der Waals surface area contributed by atoms with Crippen molar-refractivity contribution in [3.8, 4) is 5.75 Å². The van der Waals surface area contributed by atoms with Gasteiger partial charge in [0.25, 0.3) is 0 Å². The third-order valence-electron chi connectivity index (χ3n) is 3.69. The molecule has 0 saturated heterocycles. The molecular weight excluding hydrogens is 290 g/mol. The second kappa shape index (κ2) is 6.07. The quantitative estimate of drug-likeness (QED) is 0.886. The third-order valence-corrected chi connectivity index (χ3v) is 4.31. The average Bonchev–Trinajstić information content (AvgIpc) is 2.27. The minimum atomic E-state index is 0.0708. The topological polar surface area (TPSA) is 35.2 Å². The maximum Gasteiger partial charge on any atom is 0.133 e. The second-order valence-electron chi connectivity index (χ2n) is 6.00. The van der Waals surface area contributed by atoms with Gasteiger partial charge in [-0.15, -0.1) is 0 Å². The first-order valence-corrected chi connectivity index (χ1v) is 7.14. The number of methoxy groups -OCH3 is 1. The van der Waals surface area contributed by atoms with Gasteiger partial charge in [0, 0.05) is 6.04 Å². The molecule has 1 aromatic rings. The standard InChI is InChI=1S/C15H24BrNO/c1-10(15(2,3)4)8-13(17)11-6-7-14(18-5)12(16)9-11/h6-7,9-10,13H,8,17H2,1-5H3. The molecule has 0 fully saturated rings. The lowest BCUT2D eigenvalue weighted by Gasteiger charge is -2.29. The highest BCUT2D eigenvalue weighted by atomic mass is 79.9. The van der Waals surface area contributed by atoms with E-state index in [0.29, 0.717) is 11.3 Å². The number of hydrogen-bond acceptors (Lipinski definition) is 2. The normalized spacial score (nSPS) is 15.3. The monoisotopic (exact) mass is 313 g/mol. The second-order valence-corrected chi connectivity index (χ2v) is 6.86. The zero-order chi connectivity index (χ0) is 13.9. The van der Waals surface area contributed by atoms with Crippen LogP contribution in [0.1, 0.15) is 45.7 Å². The highest BCUT2D eigenvalue weighted by molar-refractivity contribution is 9.10. The summed E-state index contributed by atoms with van der Waals surface area (Å²) in [5.41, 5.74) is 7.74. The summed E-state index contributed by atoms with van der Waals surface area (Å²) < 4.78 is 6.19. The highest BCUT2D eigenvalue weighted by Crippen LogP contribution is 2.34. The van der Waals surface area contributed by atoms with E-state index < -0.39 is 0 Å². The van der Waals surface area contributed by atoms with Gasteiger partial charge in [-0.25, -0.2) is 0 Å². The predicted octanol–water partition coefficient (Wildman–Crippen LogP) is 4.53. The van der Waals surface area contributed by atoms with E-state index in [1.807, 2.05) is 12.1 Å². The van der Waals surface area contributed by atoms with Crippen molar-refractivity contribution in [2.75, 3.05) is 7.11 Å². The summed E-state index contributed by atoms with van der Waals surface area (Å²) in [6.45, 7) is 9.04. The average molecular weight is 314 g/mol. The lowest BCUT2D eigenvalue weighted by Crippen LogP contribution is -2.23. The van der Waals surface area contributed by atoms with Crippen LogP contribution >= 0.6 is 15.9 Å². The largest absolute Gasteiger partial charge is 0.496 e. The highest BCUT2D eigenvalue weighted by Gasteiger charge is 2.23. The van der Waals surface area contributed by atoms with Crippen LogP contribution in [0.15, 0.2) is 22.7 Å². The summed E-state index contributed by atoms with van der Waals surface area (Å²) in [7, 11) is 1.67. The van der Waals surface area contributed by atoms with Crippen LogP contribution in [0.25, 0.3) is 0 Å². The molecule has 0 bridgehead atoms. The lowest BCUT2D eigenvalue weighted by molar-refractivity contribution is 0.234. The fraction of sp³-hybridized carbons (Fsp3) is 0.600. The number of rotatable bonds is 4. The Bertz CT molecular complexity index is 398. The van der Waals surface area contributed by atoms with E-state index in [1.54, 1.807) is 7.11 Å². The van der Waals surface area contributed by atoms with Crippen molar-refractivity contribution in [3.05, 3.63) is 28.2 Å². The molecule has 0 amide bonds. The first-order valence-electron chi connectivity index (χ1n) is 6.34. The van der Waals surface area contributed by atoms with Gasteiger partial charge in [-0.3, -0.25) is 0 Å². The summed E-state index contributed by atoms with van der Waals surface area (Å²) in [5, 5.41) is 0. The molecule has 2 unspecified atom stereocenters. The van der Waals surface area contributed by atoms with Gasteiger partial charge in [-0.05, 0) is 51.4 Å². The molecule has 102 valence electrons. The number of nitrogens with two attached hydrogens (primary N) is 1. The fourth-order valence-corrected chi connectivity index (χ4v) is 2.34. The van der Waals surface area contributed by atoms with Crippen molar-refractivity contribution in [2.45, 2.75) is 40.2 Å². The minimum Gasteiger partial charge on any atom is -0.496 e. The van der Waals surface area contributed by atoms with E-state index in [0.717, 1.165) is 22.2 Å². The van der Waals surface area contributed by atoms with Gasteiger partial charge in [-0.1, -0.05) is 33.8 Å². The molecule has 0 heterocycles. The van der Waals surface area contributed by atoms with E-state index >= 15 is 0 Å². The molecule has 18 heavy (non-hydrogen) atoms. The van der Waals surface area contributed by atoms with Crippen LogP contribution in [0.4, 0.5) is 0 Å². The van der Waals surface area contributed by atoms with E-state index in [2.05, 4.69) is 49.7 Å². The van der Waals surface area contributed by atoms with Gasteiger partial charge in [0.2, 0.25) is 0 Å². The molecule has 2 N–H and O–H groups in total. The van der Waals surface area contributed by atoms with Gasteiger partial charge in [0.1, 0.15) is 5.75 Å². The van der Waals surface area contributed by atoms with Crippen molar-refractivity contribution < 1.29 is 4.74 Å². The molecule has 0 aliphatic rings. The number of hydrogen-bond donors (Lipinski definition) is 1. The van der Waals surface area contributed by atoms with Crippen LogP contribution in [0.5, 0.6) is 5.75 Å². The van der Waals surface area contributed by atoms with Crippen molar-refractivity contribution >= 4 is 15.9 Å². The molecule has 0 spiro atoms. The molecule has 1 aromatic carbocycles. The molecule has 2 atom stereocenters. The first kappa shape index (κ1) is 15.5. The van der Waals surface area contributed by atoms with Gasteiger partial charge in [0.15, 0.2) is 0 Å². The Labute approximate surface area is 119 Å². The molecule has 0 radical (unpaired) electrons. The smallest absolute Gasteiger partial charge is 0.133 e. The Hall–Kier alpha value is -0.540. The third kappa shape index (κ3) is 3.99. The summed E-state index contributed by atoms with van der Waals surface area (Å²) >= 11 is 3.50. The molecule has 0 aliphatic carbocycles. The van der Waals surface area contributed by atoms with Crippen molar-refractivity contribution in [1.29, 1.82) is 0 Å². The Kier molecular flexibility index (Phi) is 5.23. The lowest BCUT2D eigenvalue weighted by atomic mass is 9.78. The van der Waals surface area contributed by atoms with Crippen LogP contribution in [0.2, 0.25) is 0 Å². The summed E-state index contributed by atoms with van der Waals surface area (Å²) in [6, 6.07) is 6.13. The maximum atomic E-state index is 6.29. The molecule has 0 aliphatic heterocycles.